The highest BCUT2D eigenvalue weighted by molar-refractivity contribution is 7.15. The van der Waals surface area contributed by atoms with E-state index in [-0.39, 0.29) is 18.1 Å². The summed E-state index contributed by atoms with van der Waals surface area (Å²) in [6.07, 6.45) is 0.264. The normalized spacial score (nSPS) is 10.6. The van der Waals surface area contributed by atoms with Crippen LogP contribution in [0.15, 0.2) is 48.5 Å². The van der Waals surface area contributed by atoms with Crippen molar-refractivity contribution in [2.45, 2.75) is 13.3 Å². The van der Waals surface area contributed by atoms with Crippen molar-refractivity contribution in [1.82, 2.24) is 4.98 Å². The number of benzene rings is 2. The summed E-state index contributed by atoms with van der Waals surface area (Å²) in [6, 6.07) is 13.9. The van der Waals surface area contributed by atoms with Gasteiger partial charge in [-0.15, -0.1) is 11.3 Å². The zero-order chi connectivity index (χ0) is 18.7. The molecule has 0 aliphatic heterocycles. The van der Waals surface area contributed by atoms with Crippen molar-refractivity contribution >= 4 is 28.6 Å². The Morgan fingerprint density at radius 2 is 1.77 bits per heavy atom. The topological polar surface area (TPSA) is 45.2 Å². The predicted molar refractivity (Wildman–Crippen MR) is 105 cm³/mol. The largest absolute Gasteiger partial charge is 0.378 e. The second kappa shape index (κ2) is 7.66. The Bertz CT molecular complexity index is 902. The lowest BCUT2D eigenvalue weighted by molar-refractivity contribution is -0.115. The third kappa shape index (κ3) is 4.26. The first-order valence-electron chi connectivity index (χ1n) is 8.22. The van der Waals surface area contributed by atoms with Gasteiger partial charge in [0.1, 0.15) is 10.8 Å². The smallest absolute Gasteiger partial charge is 0.229 e. The third-order valence-electron chi connectivity index (χ3n) is 3.97. The lowest BCUT2D eigenvalue weighted by Crippen LogP contribution is -2.14. The number of nitrogens with one attached hydrogen (secondary N) is 1. The molecule has 6 heteroatoms. The molecule has 0 unspecified atom stereocenters. The molecule has 2 aromatic carbocycles. The van der Waals surface area contributed by atoms with Gasteiger partial charge in [-0.05, 0) is 55.5 Å². The number of carbonyl (C=O) groups excluding carboxylic acids is 1. The zero-order valence-electron chi connectivity index (χ0n) is 14.9. The molecule has 0 radical (unpaired) electrons. The Morgan fingerprint density at radius 1 is 1.12 bits per heavy atom. The number of aryl methyl sites for hydroxylation is 1. The lowest BCUT2D eigenvalue weighted by Gasteiger charge is -2.13. The molecule has 0 fully saturated rings. The van der Waals surface area contributed by atoms with E-state index in [1.165, 1.54) is 23.5 Å². The number of amides is 1. The number of carbonyl (C=O) groups is 1. The first kappa shape index (κ1) is 18.1. The second-order valence-electron chi connectivity index (χ2n) is 6.20. The fraction of sp³-hybridized carbons (Fsp3) is 0.200. The minimum absolute atomic E-state index is 0.0833. The van der Waals surface area contributed by atoms with Crippen LogP contribution >= 0.6 is 11.3 Å². The minimum Gasteiger partial charge on any atom is -0.378 e. The molecule has 1 amide bonds. The fourth-order valence-electron chi connectivity index (χ4n) is 2.50. The molecular formula is C20H20FN3OS. The lowest BCUT2D eigenvalue weighted by atomic mass is 10.2. The van der Waals surface area contributed by atoms with Crippen molar-refractivity contribution in [1.29, 1.82) is 0 Å². The number of hydrogen-bond donors (Lipinski definition) is 1. The highest BCUT2D eigenvalue weighted by Gasteiger charge is 2.13. The molecule has 0 bridgehead atoms. The van der Waals surface area contributed by atoms with Crippen molar-refractivity contribution in [2.75, 3.05) is 24.3 Å². The molecule has 1 heterocycles. The summed E-state index contributed by atoms with van der Waals surface area (Å²) in [7, 11) is 3.94. The maximum Gasteiger partial charge on any atom is 0.229 e. The Hall–Kier alpha value is -2.73. The molecule has 0 spiro atoms. The van der Waals surface area contributed by atoms with Gasteiger partial charge in [0.05, 0.1) is 12.1 Å². The van der Waals surface area contributed by atoms with Crippen LogP contribution in [0.2, 0.25) is 0 Å². The summed E-state index contributed by atoms with van der Waals surface area (Å²) in [4.78, 5) is 19.8. The van der Waals surface area contributed by atoms with Crippen LogP contribution in [0.3, 0.4) is 0 Å². The van der Waals surface area contributed by atoms with E-state index in [1.54, 1.807) is 12.1 Å². The summed E-state index contributed by atoms with van der Waals surface area (Å²) in [5.74, 6) is -0.359. The van der Waals surface area contributed by atoms with Crippen molar-refractivity contribution in [3.05, 3.63) is 64.9 Å². The highest BCUT2D eigenvalue weighted by atomic mass is 32.1. The summed E-state index contributed by atoms with van der Waals surface area (Å²) >= 11 is 1.46. The van der Waals surface area contributed by atoms with E-state index in [4.69, 9.17) is 0 Å². The Balaban J connectivity index is 1.68. The summed E-state index contributed by atoms with van der Waals surface area (Å²) in [5.41, 5.74) is 3.52. The number of hydrogen-bond acceptors (Lipinski definition) is 4. The van der Waals surface area contributed by atoms with E-state index in [1.807, 2.05) is 50.2 Å². The number of anilines is 2. The van der Waals surface area contributed by atoms with Crippen molar-refractivity contribution in [3.63, 3.8) is 0 Å². The van der Waals surface area contributed by atoms with E-state index in [0.29, 0.717) is 0 Å². The third-order valence-corrected chi connectivity index (χ3v) is 5.18. The van der Waals surface area contributed by atoms with Crippen LogP contribution < -0.4 is 10.2 Å². The molecule has 26 heavy (non-hydrogen) atoms. The fourth-order valence-corrected chi connectivity index (χ4v) is 3.57. The van der Waals surface area contributed by atoms with Gasteiger partial charge >= 0.3 is 0 Å². The Morgan fingerprint density at radius 3 is 2.38 bits per heavy atom. The van der Waals surface area contributed by atoms with Gasteiger partial charge in [0.15, 0.2) is 0 Å². The SMILES string of the molecule is Cc1nc(-c2ccc(F)cc2)sc1CC(=O)Nc1ccc(N(C)C)cc1. The second-order valence-corrected chi connectivity index (χ2v) is 7.28. The van der Waals surface area contributed by atoms with Crippen LogP contribution in [0, 0.1) is 12.7 Å². The molecule has 0 aliphatic carbocycles. The number of thiazole rings is 1. The quantitative estimate of drug-likeness (QED) is 0.720. The number of rotatable bonds is 5. The first-order chi connectivity index (χ1) is 12.4. The van der Waals surface area contributed by atoms with E-state index < -0.39 is 0 Å². The molecule has 0 saturated heterocycles. The van der Waals surface area contributed by atoms with Gasteiger partial charge in [0, 0.05) is 35.9 Å². The van der Waals surface area contributed by atoms with Crippen molar-refractivity contribution in [3.8, 4) is 10.6 Å². The van der Waals surface area contributed by atoms with Crippen LogP contribution in [-0.4, -0.2) is 25.0 Å². The molecule has 1 aromatic heterocycles. The maximum atomic E-state index is 13.1. The van der Waals surface area contributed by atoms with Crippen LogP contribution in [-0.2, 0) is 11.2 Å². The molecule has 4 nitrogen and oxygen atoms in total. The summed E-state index contributed by atoms with van der Waals surface area (Å²) in [5, 5.41) is 3.70. The molecule has 0 aliphatic rings. The van der Waals surface area contributed by atoms with Crippen LogP contribution in [0.1, 0.15) is 10.6 Å². The molecule has 1 N–H and O–H groups in total. The van der Waals surface area contributed by atoms with Gasteiger partial charge in [-0.25, -0.2) is 9.37 Å². The van der Waals surface area contributed by atoms with Gasteiger partial charge in [0.2, 0.25) is 5.91 Å². The highest BCUT2D eigenvalue weighted by Crippen LogP contribution is 2.28. The van der Waals surface area contributed by atoms with E-state index >= 15 is 0 Å². The van der Waals surface area contributed by atoms with Gasteiger partial charge in [0.25, 0.3) is 0 Å². The van der Waals surface area contributed by atoms with Crippen LogP contribution in [0.4, 0.5) is 15.8 Å². The summed E-state index contributed by atoms with van der Waals surface area (Å²) in [6.45, 7) is 1.89. The minimum atomic E-state index is -0.276. The molecule has 3 aromatic rings. The van der Waals surface area contributed by atoms with E-state index in [2.05, 4.69) is 10.3 Å². The van der Waals surface area contributed by atoms with Gasteiger partial charge in [-0.2, -0.15) is 0 Å². The van der Waals surface area contributed by atoms with Crippen LogP contribution in [0.5, 0.6) is 0 Å². The van der Waals surface area contributed by atoms with Gasteiger partial charge in [-0.1, -0.05) is 0 Å². The molecular weight excluding hydrogens is 349 g/mol. The predicted octanol–water partition coefficient (Wildman–Crippen LogP) is 4.50. The Labute approximate surface area is 156 Å². The standard InChI is InChI=1S/C20H20FN3OS/c1-13-18(26-20(22-13)14-4-6-15(21)7-5-14)12-19(25)23-16-8-10-17(11-9-16)24(2)3/h4-11H,12H2,1-3H3,(H,23,25). The number of nitrogens with zero attached hydrogens (tertiary/aromatic N) is 2. The molecule has 134 valence electrons. The number of halogens is 1. The average Bonchev–Trinajstić information content (AvgIpc) is 2.96. The van der Waals surface area contributed by atoms with Gasteiger partial charge < -0.3 is 10.2 Å². The Kier molecular flexibility index (Phi) is 5.32. The molecule has 0 atom stereocenters. The monoisotopic (exact) mass is 369 g/mol. The molecule has 0 saturated carbocycles. The zero-order valence-corrected chi connectivity index (χ0v) is 15.7. The van der Waals surface area contributed by atoms with Crippen LogP contribution in [0.25, 0.3) is 10.6 Å². The maximum absolute atomic E-state index is 13.1. The number of aromatic nitrogens is 1. The van der Waals surface area contributed by atoms with E-state index in [0.717, 1.165) is 32.5 Å². The van der Waals surface area contributed by atoms with Crippen molar-refractivity contribution in [2.24, 2.45) is 0 Å². The average molecular weight is 369 g/mol. The summed E-state index contributed by atoms with van der Waals surface area (Å²) < 4.78 is 13.1. The van der Waals surface area contributed by atoms with E-state index in [9.17, 15) is 9.18 Å². The first-order valence-corrected chi connectivity index (χ1v) is 9.03. The molecule has 3 rings (SSSR count). The van der Waals surface area contributed by atoms with Gasteiger partial charge in [-0.3, -0.25) is 4.79 Å². The van der Waals surface area contributed by atoms with Crippen molar-refractivity contribution < 1.29 is 9.18 Å².